The van der Waals surface area contributed by atoms with Crippen LogP contribution in [-0.2, 0) is 0 Å². The molecule has 0 fully saturated rings. The van der Waals surface area contributed by atoms with Crippen molar-refractivity contribution in [2.24, 2.45) is 0 Å². The minimum atomic E-state index is -1.09. The first-order valence-electron chi connectivity index (χ1n) is 4.09. The molecule has 2 aromatic rings. The van der Waals surface area contributed by atoms with Crippen LogP contribution in [0.4, 0.5) is 0 Å². The lowest BCUT2D eigenvalue weighted by molar-refractivity contribution is 0.0690. The van der Waals surface area contributed by atoms with Gasteiger partial charge >= 0.3 is 5.97 Å². The van der Waals surface area contributed by atoms with E-state index in [1.165, 1.54) is 10.9 Å². The monoisotopic (exact) mass is 267 g/mol. The van der Waals surface area contributed by atoms with Gasteiger partial charge in [0, 0.05) is 4.47 Å². The van der Waals surface area contributed by atoms with Crippen LogP contribution >= 0.6 is 15.9 Å². The number of carboxylic acid groups (broad SMARTS) is 1. The Morgan fingerprint density at radius 1 is 1.40 bits per heavy atom. The van der Waals surface area contributed by atoms with Crippen LogP contribution in [0.3, 0.4) is 0 Å². The second kappa shape index (κ2) is 3.82. The van der Waals surface area contributed by atoms with E-state index in [9.17, 15) is 4.79 Å². The van der Waals surface area contributed by atoms with Crippen molar-refractivity contribution in [3.05, 3.63) is 40.6 Å². The van der Waals surface area contributed by atoms with E-state index in [0.717, 1.165) is 10.2 Å². The summed E-state index contributed by atoms with van der Waals surface area (Å²) < 4.78 is 2.24. The van der Waals surface area contributed by atoms with Crippen LogP contribution in [0.15, 0.2) is 34.9 Å². The predicted molar refractivity (Wildman–Crippen MR) is 56.0 cm³/mol. The molecule has 1 aromatic heterocycles. The number of rotatable bonds is 2. The Bertz CT molecular complexity index is 510. The molecule has 1 heterocycles. The van der Waals surface area contributed by atoms with Gasteiger partial charge in [0.2, 0.25) is 0 Å². The van der Waals surface area contributed by atoms with Gasteiger partial charge in [0.1, 0.15) is 0 Å². The molecular formula is C9H6BrN3O2. The fraction of sp³-hybridized carbons (Fsp3) is 0. The summed E-state index contributed by atoms with van der Waals surface area (Å²) >= 11 is 3.34. The molecule has 0 saturated carbocycles. The van der Waals surface area contributed by atoms with Gasteiger partial charge in [0.25, 0.3) is 0 Å². The lowest BCUT2D eigenvalue weighted by Crippen LogP contribution is -1.96. The normalized spacial score (nSPS) is 10.2. The quantitative estimate of drug-likeness (QED) is 0.900. The molecule has 0 aliphatic rings. The van der Waals surface area contributed by atoms with E-state index in [1.54, 1.807) is 0 Å². The Hall–Kier alpha value is -1.69. The molecule has 0 aliphatic carbocycles. The summed E-state index contributed by atoms with van der Waals surface area (Å²) in [4.78, 5) is 10.6. The zero-order valence-electron chi connectivity index (χ0n) is 7.46. The molecule has 76 valence electrons. The SMILES string of the molecule is O=C(O)c1cn(-c2ccccc2Br)nn1. The van der Waals surface area contributed by atoms with Crippen LogP contribution in [0, 0.1) is 0 Å². The maximum absolute atomic E-state index is 10.6. The highest BCUT2D eigenvalue weighted by atomic mass is 79.9. The van der Waals surface area contributed by atoms with Crippen molar-refractivity contribution in [2.45, 2.75) is 0 Å². The topological polar surface area (TPSA) is 68.0 Å². The van der Waals surface area contributed by atoms with E-state index in [4.69, 9.17) is 5.11 Å². The molecular weight excluding hydrogens is 262 g/mol. The first-order chi connectivity index (χ1) is 7.18. The lowest BCUT2D eigenvalue weighted by atomic mass is 10.3. The molecule has 1 aromatic carbocycles. The van der Waals surface area contributed by atoms with Crippen molar-refractivity contribution in [3.63, 3.8) is 0 Å². The van der Waals surface area contributed by atoms with Gasteiger partial charge in [-0.3, -0.25) is 0 Å². The smallest absolute Gasteiger partial charge is 0.358 e. The van der Waals surface area contributed by atoms with Crippen LogP contribution < -0.4 is 0 Å². The first kappa shape index (κ1) is 9.85. The van der Waals surface area contributed by atoms with Crippen molar-refractivity contribution >= 4 is 21.9 Å². The first-order valence-corrected chi connectivity index (χ1v) is 4.88. The summed E-state index contributed by atoms with van der Waals surface area (Å²) in [6.07, 6.45) is 1.36. The molecule has 0 amide bonds. The van der Waals surface area contributed by atoms with Crippen molar-refractivity contribution in [2.75, 3.05) is 0 Å². The number of halogens is 1. The fourth-order valence-corrected chi connectivity index (χ4v) is 1.58. The molecule has 0 radical (unpaired) electrons. The van der Waals surface area contributed by atoms with Crippen molar-refractivity contribution < 1.29 is 9.90 Å². The van der Waals surface area contributed by atoms with Crippen LogP contribution in [0.25, 0.3) is 5.69 Å². The number of hydrogen-bond acceptors (Lipinski definition) is 3. The highest BCUT2D eigenvalue weighted by Gasteiger charge is 2.10. The van der Waals surface area contributed by atoms with Crippen LogP contribution in [0.1, 0.15) is 10.5 Å². The standard InChI is InChI=1S/C9H6BrN3O2/c10-6-3-1-2-4-8(6)13-5-7(9(14)15)11-12-13/h1-5H,(H,14,15). The number of hydrogen-bond donors (Lipinski definition) is 1. The van der Waals surface area contributed by atoms with Crippen molar-refractivity contribution in [3.8, 4) is 5.69 Å². The van der Waals surface area contributed by atoms with Gasteiger partial charge in [-0.05, 0) is 28.1 Å². The number of aromatic nitrogens is 3. The van der Waals surface area contributed by atoms with E-state index in [-0.39, 0.29) is 5.69 Å². The van der Waals surface area contributed by atoms with Crippen LogP contribution in [0.2, 0.25) is 0 Å². The van der Waals surface area contributed by atoms with Crippen molar-refractivity contribution in [1.82, 2.24) is 15.0 Å². The predicted octanol–water partition coefficient (Wildman–Crippen LogP) is 1.73. The zero-order valence-corrected chi connectivity index (χ0v) is 9.05. The van der Waals surface area contributed by atoms with Gasteiger partial charge < -0.3 is 5.11 Å². The molecule has 0 aliphatic heterocycles. The maximum Gasteiger partial charge on any atom is 0.358 e. The van der Waals surface area contributed by atoms with E-state index in [1.807, 2.05) is 24.3 Å². The lowest BCUT2D eigenvalue weighted by Gasteiger charge is -2.01. The molecule has 0 atom stereocenters. The van der Waals surface area contributed by atoms with Gasteiger partial charge in [0.05, 0.1) is 11.9 Å². The van der Waals surface area contributed by atoms with Gasteiger partial charge in [-0.1, -0.05) is 17.3 Å². The van der Waals surface area contributed by atoms with Crippen molar-refractivity contribution in [1.29, 1.82) is 0 Å². The third kappa shape index (κ3) is 1.89. The molecule has 0 saturated heterocycles. The summed E-state index contributed by atoms with van der Waals surface area (Å²) in [5.41, 5.74) is 0.670. The third-order valence-electron chi connectivity index (χ3n) is 1.81. The van der Waals surface area contributed by atoms with Gasteiger partial charge in [-0.25, -0.2) is 9.48 Å². The Kier molecular flexibility index (Phi) is 2.51. The number of carboxylic acids is 1. The highest BCUT2D eigenvalue weighted by Crippen LogP contribution is 2.19. The fourth-order valence-electron chi connectivity index (χ4n) is 1.12. The van der Waals surface area contributed by atoms with Crippen LogP contribution in [0.5, 0.6) is 0 Å². The summed E-state index contributed by atoms with van der Waals surface area (Å²) in [7, 11) is 0. The average Bonchev–Trinajstić information content (AvgIpc) is 2.67. The third-order valence-corrected chi connectivity index (χ3v) is 2.48. The number of nitrogens with zero attached hydrogens (tertiary/aromatic N) is 3. The van der Waals surface area contributed by atoms with Gasteiger partial charge in [-0.15, -0.1) is 5.10 Å². The second-order valence-corrected chi connectivity index (χ2v) is 3.66. The second-order valence-electron chi connectivity index (χ2n) is 2.80. The van der Waals surface area contributed by atoms with E-state index >= 15 is 0 Å². The van der Waals surface area contributed by atoms with E-state index in [2.05, 4.69) is 26.2 Å². The largest absolute Gasteiger partial charge is 0.476 e. The number of carbonyl (C=O) groups is 1. The molecule has 1 N–H and O–H groups in total. The number of para-hydroxylation sites is 1. The summed E-state index contributed by atoms with van der Waals surface area (Å²) in [5, 5.41) is 15.9. The summed E-state index contributed by atoms with van der Waals surface area (Å²) in [6.45, 7) is 0. The Balaban J connectivity index is 2.46. The van der Waals surface area contributed by atoms with E-state index in [0.29, 0.717) is 0 Å². The molecule has 0 spiro atoms. The zero-order chi connectivity index (χ0) is 10.8. The molecule has 0 unspecified atom stereocenters. The minimum absolute atomic E-state index is 0.0780. The number of benzene rings is 1. The molecule has 6 heteroatoms. The number of aromatic carboxylic acids is 1. The van der Waals surface area contributed by atoms with Gasteiger partial charge in [0.15, 0.2) is 5.69 Å². The Labute approximate surface area is 93.5 Å². The molecule has 15 heavy (non-hydrogen) atoms. The average molecular weight is 268 g/mol. The molecule has 2 rings (SSSR count). The minimum Gasteiger partial charge on any atom is -0.476 e. The summed E-state index contributed by atoms with van der Waals surface area (Å²) in [5.74, 6) is -1.09. The Morgan fingerprint density at radius 2 is 2.13 bits per heavy atom. The molecule has 5 nitrogen and oxygen atoms in total. The maximum atomic E-state index is 10.6. The van der Waals surface area contributed by atoms with E-state index < -0.39 is 5.97 Å². The van der Waals surface area contributed by atoms with Crippen LogP contribution in [-0.4, -0.2) is 26.1 Å². The Morgan fingerprint density at radius 3 is 2.73 bits per heavy atom. The highest BCUT2D eigenvalue weighted by molar-refractivity contribution is 9.10. The molecule has 0 bridgehead atoms. The summed E-state index contributed by atoms with van der Waals surface area (Å²) in [6, 6.07) is 7.35. The van der Waals surface area contributed by atoms with Gasteiger partial charge in [-0.2, -0.15) is 0 Å².